The summed E-state index contributed by atoms with van der Waals surface area (Å²) < 4.78 is 6.05. The first-order chi connectivity index (χ1) is 9.16. The molecule has 1 saturated heterocycles. The van der Waals surface area contributed by atoms with Crippen LogP contribution in [-0.4, -0.2) is 27.4 Å². The number of aromatic nitrogens is 2. The van der Waals surface area contributed by atoms with Crippen LogP contribution in [0.1, 0.15) is 50.9 Å². The molecule has 108 valence electrons. The van der Waals surface area contributed by atoms with Gasteiger partial charge in [0.25, 0.3) is 0 Å². The van der Waals surface area contributed by atoms with E-state index in [4.69, 9.17) is 4.74 Å². The Morgan fingerprint density at radius 2 is 1.90 bits per heavy atom. The van der Waals surface area contributed by atoms with E-state index in [0.29, 0.717) is 11.4 Å². The smallest absolute Gasteiger partial charge is 0.167 e. The summed E-state index contributed by atoms with van der Waals surface area (Å²) in [6.45, 7) is 12.0. The normalized spacial score (nSPS) is 23.4. The van der Waals surface area contributed by atoms with E-state index in [9.17, 15) is 5.26 Å². The zero-order chi connectivity index (χ0) is 15.1. The molecule has 1 unspecified atom stereocenters. The van der Waals surface area contributed by atoms with Crippen LogP contribution in [0, 0.1) is 25.2 Å². The molecule has 0 aliphatic carbocycles. The number of hydrogen-bond donors (Lipinski definition) is 1. The Kier molecular flexibility index (Phi) is 3.47. The number of anilines is 1. The largest absolute Gasteiger partial charge is 0.367 e. The minimum Gasteiger partial charge on any atom is -0.367 e. The van der Waals surface area contributed by atoms with Gasteiger partial charge in [-0.25, -0.2) is 0 Å². The van der Waals surface area contributed by atoms with Crippen LogP contribution in [-0.2, 0) is 4.74 Å². The van der Waals surface area contributed by atoms with E-state index in [-0.39, 0.29) is 17.2 Å². The van der Waals surface area contributed by atoms with E-state index in [2.05, 4.69) is 49.3 Å². The lowest BCUT2D eigenvalue weighted by atomic mass is 9.94. The van der Waals surface area contributed by atoms with Crippen LogP contribution in [0.25, 0.3) is 0 Å². The Labute approximate surface area is 120 Å². The summed E-state index contributed by atoms with van der Waals surface area (Å²) in [7, 11) is 0. The molecule has 1 aliphatic rings. The van der Waals surface area contributed by atoms with Gasteiger partial charge in [-0.3, -0.25) is 0 Å². The van der Waals surface area contributed by atoms with Gasteiger partial charge in [0, 0.05) is 0 Å². The Hall–Kier alpha value is -1.67. The van der Waals surface area contributed by atoms with Crippen LogP contribution in [0.3, 0.4) is 0 Å². The summed E-state index contributed by atoms with van der Waals surface area (Å²) in [5.41, 5.74) is 1.74. The van der Waals surface area contributed by atoms with E-state index in [0.717, 1.165) is 17.7 Å². The van der Waals surface area contributed by atoms with Crippen molar-refractivity contribution in [1.82, 2.24) is 10.2 Å². The number of nitriles is 1. The summed E-state index contributed by atoms with van der Waals surface area (Å²) in [4.78, 5) is 0. The predicted molar refractivity (Wildman–Crippen MR) is 77.5 cm³/mol. The first-order valence-corrected chi connectivity index (χ1v) is 6.87. The van der Waals surface area contributed by atoms with Crippen molar-refractivity contribution in [3.05, 3.63) is 16.8 Å². The molecule has 5 nitrogen and oxygen atoms in total. The number of ether oxygens (including phenoxy) is 1. The predicted octanol–water partition coefficient (Wildman–Crippen LogP) is 2.72. The maximum Gasteiger partial charge on any atom is 0.167 e. The second-order valence-corrected chi connectivity index (χ2v) is 6.61. The molecule has 20 heavy (non-hydrogen) atoms. The molecular weight excluding hydrogens is 252 g/mol. The van der Waals surface area contributed by atoms with Crippen molar-refractivity contribution < 1.29 is 4.74 Å². The minimum atomic E-state index is -0.309. The number of rotatable bonds is 2. The monoisotopic (exact) mass is 274 g/mol. The van der Waals surface area contributed by atoms with Crippen molar-refractivity contribution in [2.45, 2.75) is 65.2 Å². The highest BCUT2D eigenvalue weighted by Crippen LogP contribution is 2.39. The topological polar surface area (TPSA) is 70.8 Å². The van der Waals surface area contributed by atoms with Crippen LogP contribution in [0.4, 0.5) is 5.82 Å². The van der Waals surface area contributed by atoms with E-state index in [1.165, 1.54) is 0 Å². The molecule has 0 amide bonds. The van der Waals surface area contributed by atoms with Crippen molar-refractivity contribution in [3.63, 3.8) is 0 Å². The van der Waals surface area contributed by atoms with Gasteiger partial charge in [-0.2, -0.15) is 10.4 Å². The number of hydrogen-bond acceptors (Lipinski definition) is 5. The summed E-state index contributed by atoms with van der Waals surface area (Å²) in [6, 6.07) is 2.32. The standard InChI is InChI=1S/C15H22N4O/c1-9-10(2)18-19-13(11(9)8-16)17-12-7-14(3,4)20-15(12,5)6/h12H,7H2,1-6H3,(H,17,19). The fraction of sp³-hybridized carbons (Fsp3) is 0.667. The number of aryl methyl sites for hydroxylation is 1. The van der Waals surface area contributed by atoms with Gasteiger partial charge >= 0.3 is 0 Å². The molecule has 0 spiro atoms. The van der Waals surface area contributed by atoms with E-state index >= 15 is 0 Å². The average molecular weight is 274 g/mol. The zero-order valence-electron chi connectivity index (χ0n) is 13.0. The van der Waals surface area contributed by atoms with Gasteiger partial charge in [0.05, 0.1) is 22.9 Å². The van der Waals surface area contributed by atoms with Crippen molar-refractivity contribution in [3.8, 4) is 6.07 Å². The van der Waals surface area contributed by atoms with E-state index < -0.39 is 0 Å². The Bertz CT molecular complexity index is 572. The lowest BCUT2D eigenvalue weighted by Crippen LogP contribution is -2.38. The molecule has 1 fully saturated rings. The highest BCUT2D eigenvalue weighted by molar-refractivity contribution is 5.56. The molecular formula is C15H22N4O. The van der Waals surface area contributed by atoms with E-state index in [1.54, 1.807) is 0 Å². The summed E-state index contributed by atoms with van der Waals surface area (Å²) in [5.74, 6) is 0.551. The van der Waals surface area contributed by atoms with Crippen molar-refractivity contribution in [1.29, 1.82) is 5.26 Å². The Balaban J connectivity index is 2.32. The fourth-order valence-corrected chi connectivity index (χ4v) is 2.80. The van der Waals surface area contributed by atoms with Gasteiger partial charge in [-0.15, -0.1) is 5.10 Å². The molecule has 1 aliphatic heterocycles. The molecule has 1 aromatic heterocycles. The summed E-state index contributed by atoms with van der Waals surface area (Å²) in [6.07, 6.45) is 0.861. The second kappa shape index (κ2) is 4.71. The average Bonchev–Trinajstić information content (AvgIpc) is 2.52. The van der Waals surface area contributed by atoms with Gasteiger partial charge in [0.2, 0.25) is 0 Å². The molecule has 5 heteroatoms. The molecule has 1 atom stereocenters. The van der Waals surface area contributed by atoms with Crippen LogP contribution >= 0.6 is 0 Å². The van der Waals surface area contributed by atoms with Crippen LogP contribution in [0.5, 0.6) is 0 Å². The van der Waals surface area contributed by atoms with Gasteiger partial charge in [-0.1, -0.05) is 0 Å². The lowest BCUT2D eigenvalue weighted by molar-refractivity contribution is -0.0662. The first-order valence-electron chi connectivity index (χ1n) is 6.87. The first kappa shape index (κ1) is 14.7. The zero-order valence-corrected chi connectivity index (χ0v) is 13.0. The van der Waals surface area contributed by atoms with Crippen molar-refractivity contribution >= 4 is 5.82 Å². The highest BCUT2D eigenvalue weighted by Gasteiger charge is 2.46. The summed E-state index contributed by atoms with van der Waals surface area (Å²) >= 11 is 0. The van der Waals surface area contributed by atoms with Crippen LogP contribution in [0.2, 0.25) is 0 Å². The van der Waals surface area contributed by atoms with Crippen LogP contribution < -0.4 is 5.32 Å². The van der Waals surface area contributed by atoms with Crippen LogP contribution in [0.15, 0.2) is 0 Å². The Morgan fingerprint density at radius 3 is 2.40 bits per heavy atom. The SMILES string of the molecule is Cc1nnc(NC2CC(C)(C)OC2(C)C)c(C#N)c1C. The second-order valence-electron chi connectivity index (χ2n) is 6.61. The molecule has 0 radical (unpaired) electrons. The van der Waals surface area contributed by atoms with Gasteiger partial charge in [0.15, 0.2) is 5.82 Å². The molecule has 1 N–H and O–H groups in total. The van der Waals surface area contributed by atoms with Crippen molar-refractivity contribution in [2.75, 3.05) is 5.32 Å². The van der Waals surface area contributed by atoms with E-state index in [1.807, 2.05) is 13.8 Å². The fourth-order valence-electron chi connectivity index (χ4n) is 2.80. The van der Waals surface area contributed by atoms with Gasteiger partial charge in [-0.05, 0) is 53.5 Å². The number of nitrogens with one attached hydrogen (secondary N) is 1. The molecule has 0 bridgehead atoms. The third kappa shape index (κ3) is 2.61. The maximum absolute atomic E-state index is 9.34. The maximum atomic E-state index is 9.34. The Morgan fingerprint density at radius 1 is 1.25 bits per heavy atom. The third-order valence-corrected chi connectivity index (χ3v) is 3.95. The number of nitrogens with zero attached hydrogens (tertiary/aromatic N) is 3. The molecule has 2 heterocycles. The minimum absolute atomic E-state index is 0.0982. The highest BCUT2D eigenvalue weighted by atomic mass is 16.5. The van der Waals surface area contributed by atoms with Gasteiger partial charge in [0.1, 0.15) is 11.6 Å². The molecule has 1 aromatic rings. The van der Waals surface area contributed by atoms with Crippen molar-refractivity contribution in [2.24, 2.45) is 0 Å². The lowest BCUT2D eigenvalue weighted by Gasteiger charge is -2.28. The summed E-state index contributed by atoms with van der Waals surface area (Å²) in [5, 5.41) is 21.0. The molecule has 0 aromatic carbocycles. The molecule has 2 rings (SSSR count). The third-order valence-electron chi connectivity index (χ3n) is 3.95. The molecule has 0 saturated carbocycles. The van der Waals surface area contributed by atoms with Gasteiger partial charge < -0.3 is 10.1 Å². The quantitative estimate of drug-likeness (QED) is 0.897.